The molecular formula is C10H20N2. The predicted octanol–water partition coefficient (Wildman–Crippen LogP) is 2.39. The number of likely N-dealkylation sites (N-methyl/N-ethyl adjacent to an activating group) is 1. The summed E-state index contributed by atoms with van der Waals surface area (Å²) in [5.74, 6) is 0. The molecule has 0 aliphatic carbocycles. The summed E-state index contributed by atoms with van der Waals surface area (Å²) in [7, 11) is 0. The van der Waals surface area contributed by atoms with Crippen molar-refractivity contribution in [1.29, 1.82) is 0 Å². The highest BCUT2D eigenvalue weighted by Gasteiger charge is 1.87. The van der Waals surface area contributed by atoms with Gasteiger partial charge in [-0.1, -0.05) is 33.4 Å². The maximum atomic E-state index is 3.79. The van der Waals surface area contributed by atoms with E-state index in [1.807, 2.05) is 19.9 Å². The summed E-state index contributed by atoms with van der Waals surface area (Å²) in [5, 5.41) is 3.13. The highest BCUT2D eigenvalue weighted by molar-refractivity contribution is 5.30. The van der Waals surface area contributed by atoms with Gasteiger partial charge in [0.25, 0.3) is 0 Å². The summed E-state index contributed by atoms with van der Waals surface area (Å²) in [6.07, 6.45) is 3.55. The third-order valence-electron chi connectivity index (χ3n) is 1.07. The van der Waals surface area contributed by atoms with Gasteiger partial charge in [-0.25, -0.2) is 0 Å². The molecule has 0 atom stereocenters. The van der Waals surface area contributed by atoms with Gasteiger partial charge in [0.1, 0.15) is 0 Å². The topological polar surface area (TPSA) is 24.4 Å². The number of aliphatic imine (C=N–C) groups is 1. The van der Waals surface area contributed by atoms with Crippen molar-refractivity contribution >= 4 is 6.72 Å². The van der Waals surface area contributed by atoms with E-state index in [9.17, 15) is 0 Å². The lowest BCUT2D eigenvalue weighted by molar-refractivity contribution is 0.772. The van der Waals surface area contributed by atoms with Crippen molar-refractivity contribution in [2.45, 2.75) is 20.8 Å². The van der Waals surface area contributed by atoms with Crippen molar-refractivity contribution < 1.29 is 0 Å². The van der Waals surface area contributed by atoms with Crippen LogP contribution in [0.4, 0.5) is 0 Å². The first-order valence-electron chi connectivity index (χ1n) is 4.34. The molecule has 0 heterocycles. The Balaban J connectivity index is 0. The average Bonchev–Trinajstić information content (AvgIpc) is 2.15. The Hall–Kier alpha value is -0.890. The van der Waals surface area contributed by atoms with E-state index in [2.05, 4.69) is 30.5 Å². The molecule has 0 aliphatic rings. The van der Waals surface area contributed by atoms with Crippen molar-refractivity contribution in [2.24, 2.45) is 4.99 Å². The van der Waals surface area contributed by atoms with E-state index in [0.29, 0.717) is 0 Å². The molecule has 70 valence electrons. The number of hydrogen-bond acceptors (Lipinski definition) is 2. The van der Waals surface area contributed by atoms with Gasteiger partial charge in [-0.15, -0.1) is 0 Å². The van der Waals surface area contributed by atoms with Crippen molar-refractivity contribution in [3.8, 4) is 0 Å². The van der Waals surface area contributed by atoms with E-state index >= 15 is 0 Å². The fourth-order valence-electron chi connectivity index (χ4n) is 0.557. The average molecular weight is 168 g/mol. The lowest BCUT2D eigenvalue weighted by Gasteiger charge is -1.99. The molecule has 0 spiro atoms. The van der Waals surface area contributed by atoms with Crippen LogP contribution in [0.1, 0.15) is 20.8 Å². The molecule has 1 N–H and O–H groups in total. The Morgan fingerprint density at radius 3 is 2.42 bits per heavy atom. The minimum atomic E-state index is 0.770. The number of nitrogens with zero attached hydrogens (tertiary/aromatic N) is 1. The Bertz CT molecular complexity index is 137. The molecule has 0 fully saturated rings. The quantitative estimate of drug-likeness (QED) is 0.494. The van der Waals surface area contributed by atoms with Gasteiger partial charge in [-0.2, -0.15) is 0 Å². The molecule has 0 aliphatic heterocycles. The van der Waals surface area contributed by atoms with Gasteiger partial charge in [0, 0.05) is 6.54 Å². The zero-order chi connectivity index (χ0) is 9.82. The van der Waals surface area contributed by atoms with Crippen molar-refractivity contribution in [3.05, 3.63) is 24.4 Å². The molecule has 0 aromatic carbocycles. The molecule has 12 heavy (non-hydrogen) atoms. The van der Waals surface area contributed by atoms with Crippen LogP contribution < -0.4 is 5.32 Å². The number of allylic oxidation sites excluding steroid dienone is 2. The summed E-state index contributed by atoms with van der Waals surface area (Å²) in [6, 6.07) is 0. The van der Waals surface area contributed by atoms with Crippen molar-refractivity contribution in [3.63, 3.8) is 0 Å². The van der Waals surface area contributed by atoms with Crippen molar-refractivity contribution in [2.75, 3.05) is 13.1 Å². The monoisotopic (exact) mass is 168 g/mol. The summed E-state index contributed by atoms with van der Waals surface area (Å²) >= 11 is 0. The van der Waals surface area contributed by atoms with Gasteiger partial charge in [-0.3, -0.25) is 4.99 Å². The lowest BCUT2D eigenvalue weighted by Crippen LogP contribution is -2.15. The highest BCUT2D eigenvalue weighted by atomic mass is 14.9. The molecule has 2 nitrogen and oxygen atoms in total. The number of nitrogens with one attached hydrogen (secondary N) is 1. The van der Waals surface area contributed by atoms with E-state index in [-0.39, 0.29) is 0 Å². The molecule has 0 unspecified atom stereocenters. The number of hydrogen-bond donors (Lipinski definition) is 1. The first-order chi connectivity index (χ1) is 5.85. The van der Waals surface area contributed by atoms with Crippen LogP contribution in [0, 0.1) is 0 Å². The predicted molar refractivity (Wildman–Crippen MR) is 57.7 cm³/mol. The lowest BCUT2D eigenvalue weighted by atomic mass is 10.4. The second-order valence-electron chi connectivity index (χ2n) is 1.83. The summed E-state index contributed by atoms with van der Waals surface area (Å²) < 4.78 is 0. The summed E-state index contributed by atoms with van der Waals surface area (Å²) in [6.45, 7) is 14.8. The second-order valence-corrected chi connectivity index (χ2v) is 1.83. The molecular weight excluding hydrogens is 148 g/mol. The smallest absolute Gasteiger partial charge is 0.0534 e. The van der Waals surface area contributed by atoms with Crippen LogP contribution in [0.15, 0.2) is 29.4 Å². The minimum absolute atomic E-state index is 0.770. The van der Waals surface area contributed by atoms with Gasteiger partial charge < -0.3 is 5.32 Å². The fourth-order valence-corrected chi connectivity index (χ4v) is 0.557. The fraction of sp³-hybridized carbons (Fsp3) is 0.500. The van der Waals surface area contributed by atoms with Gasteiger partial charge in [-0.05, 0) is 19.3 Å². The van der Waals surface area contributed by atoms with Crippen molar-refractivity contribution in [1.82, 2.24) is 5.32 Å². The molecule has 0 rings (SSSR count). The highest BCUT2D eigenvalue weighted by Crippen LogP contribution is 1.91. The van der Waals surface area contributed by atoms with Gasteiger partial charge in [0.05, 0.1) is 5.70 Å². The number of rotatable bonds is 5. The Morgan fingerprint density at radius 2 is 2.08 bits per heavy atom. The normalized spacial score (nSPS) is 9.75. The third kappa shape index (κ3) is 9.11. The molecule has 0 aromatic heterocycles. The van der Waals surface area contributed by atoms with E-state index < -0.39 is 0 Å². The van der Waals surface area contributed by atoms with E-state index in [0.717, 1.165) is 18.8 Å². The maximum absolute atomic E-state index is 3.79. The second kappa shape index (κ2) is 12.8. The van der Waals surface area contributed by atoms with Crippen LogP contribution in [0.2, 0.25) is 0 Å². The maximum Gasteiger partial charge on any atom is 0.0534 e. The van der Waals surface area contributed by atoms with Crippen LogP contribution in [0.25, 0.3) is 0 Å². The zero-order valence-corrected chi connectivity index (χ0v) is 8.43. The molecule has 0 radical (unpaired) electrons. The summed E-state index contributed by atoms with van der Waals surface area (Å²) in [4.78, 5) is 3.79. The first-order valence-corrected chi connectivity index (χ1v) is 4.34. The van der Waals surface area contributed by atoms with E-state index in [1.54, 1.807) is 6.08 Å². The Kier molecular flexibility index (Phi) is 14.5. The van der Waals surface area contributed by atoms with Crippen LogP contribution >= 0.6 is 0 Å². The summed E-state index contributed by atoms with van der Waals surface area (Å²) in [5.41, 5.74) is 0.928. The molecule has 0 saturated carbocycles. The van der Waals surface area contributed by atoms with Crippen LogP contribution in [-0.4, -0.2) is 19.8 Å². The molecule has 0 aromatic rings. The standard InChI is InChI=1S/C8H14N2.C2H6/c1-4-6-8(9-3)7-10-5-2;1-2/h4,6,10H,1,3,5,7H2,2H3;1-2H3/b8-6-;. The minimum Gasteiger partial charge on any atom is -0.311 e. The van der Waals surface area contributed by atoms with Crippen LogP contribution in [0.3, 0.4) is 0 Å². The third-order valence-corrected chi connectivity index (χ3v) is 1.07. The molecule has 2 heteroatoms. The molecule has 0 saturated heterocycles. The zero-order valence-electron chi connectivity index (χ0n) is 8.43. The van der Waals surface area contributed by atoms with Crippen LogP contribution in [-0.2, 0) is 0 Å². The van der Waals surface area contributed by atoms with Gasteiger partial charge >= 0.3 is 0 Å². The van der Waals surface area contributed by atoms with E-state index in [1.165, 1.54) is 0 Å². The van der Waals surface area contributed by atoms with Gasteiger partial charge in [0.2, 0.25) is 0 Å². The first kappa shape index (κ1) is 13.7. The Morgan fingerprint density at radius 1 is 1.50 bits per heavy atom. The Labute approximate surface area is 76.1 Å². The largest absolute Gasteiger partial charge is 0.311 e. The van der Waals surface area contributed by atoms with E-state index in [4.69, 9.17) is 0 Å². The van der Waals surface area contributed by atoms with Crippen LogP contribution in [0.5, 0.6) is 0 Å². The SMILES string of the molecule is C=C/C=C(/CNCC)N=C.CC. The molecule has 0 amide bonds. The van der Waals surface area contributed by atoms with Gasteiger partial charge in [0.15, 0.2) is 0 Å². The molecule has 0 bridgehead atoms.